The topological polar surface area (TPSA) is 157 Å². The van der Waals surface area contributed by atoms with Crippen LogP contribution in [0.2, 0.25) is 0 Å². The van der Waals surface area contributed by atoms with Crippen LogP contribution in [-0.4, -0.2) is 93.5 Å². The molecule has 0 radical (unpaired) electrons. The van der Waals surface area contributed by atoms with Crippen molar-refractivity contribution in [3.8, 4) is 0 Å². The molecule has 0 spiro atoms. The van der Waals surface area contributed by atoms with E-state index in [0.29, 0.717) is 5.82 Å². The summed E-state index contributed by atoms with van der Waals surface area (Å²) >= 11 is 0. The van der Waals surface area contributed by atoms with Gasteiger partial charge in [0, 0.05) is 19.2 Å². The summed E-state index contributed by atoms with van der Waals surface area (Å²) < 4.78 is 5.96. The van der Waals surface area contributed by atoms with Crippen molar-refractivity contribution in [2.45, 2.75) is 108 Å². The van der Waals surface area contributed by atoms with Crippen molar-refractivity contribution in [2.75, 3.05) is 23.7 Å². The molecule has 5 N–H and O–H groups in total. The Hall–Kier alpha value is -2.83. The molecule has 4 rings (SSSR count). The van der Waals surface area contributed by atoms with Crippen LogP contribution in [-0.2, 0) is 9.53 Å². The van der Waals surface area contributed by atoms with Crippen LogP contribution in [0.5, 0.6) is 0 Å². The highest BCUT2D eigenvalue weighted by Crippen LogP contribution is 2.29. The number of aliphatic hydroxyl groups excluding tert-OH is 2. The fourth-order valence-corrected chi connectivity index (χ4v) is 5.03. The number of anilines is 2. The Labute approximate surface area is 224 Å². The minimum atomic E-state index is -1.18. The van der Waals surface area contributed by atoms with Crippen LogP contribution in [0.4, 0.5) is 11.6 Å². The SMILES string of the molecule is CCCCCCCCCCCCNc1cc(NC[C@H]2O[C@@H](N3C=NC4C(=O)NC=NC43)[C@H](O)[C@@H]2O)ncn1. The van der Waals surface area contributed by atoms with E-state index in [1.54, 1.807) is 4.90 Å². The molecule has 1 aromatic heterocycles. The van der Waals surface area contributed by atoms with E-state index in [4.69, 9.17) is 4.74 Å². The van der Waals surface area contributed by atoms with Gasteiger partial charge < -0.3 is 35.8 Å². The molecule has 3 aliphatic heterocycles. The van der Waals surface area contributed by atoms with E-state index in [0.717, 1.165) is 18.8 Å². The van der Waals surface area contributed by atoms with Gasteiger partial charge in [0.15, 0.2) is 18.4 Å². The molecule has 4 heterocycles. The van der Waals surface area contributed by atoms with Crippen molar-refractivity contribution in [1.29, 1.82) is 0 Å². The number of unbranched alkanes of at least 4 members (excludes halogenated alkanes) is 9. The largest absolute Gasteiger partial charge is 0.387 e. The van der Waals surface area contributed by atoms with Crippen LogP contribution >= 0.6 is 0 Å². The molecule has 0 aliphatic carbocycles. The highest BCUT2D eigenvalue weighted by molar-refractivity contribution is 5.96. The van der Waals surface area contributed by atoms with Gasteiger partial charge in [0.1, 0.15) is 36.3 Å². The molecular weight excluding hydrogens is 488 g/mol. The van der Waals surface area contributed by atoms with Crippen molar-refractivity contribution in [3.05, 3.63) is 12.4 Å². The van der Waals surface area contributed by atoms with Crippen molar-refractivity contribution in [2.24, 2.45) is 9.98 Å². The average molecular weight is 531 g/mol. The van der Waals surface area contributed by atoms with E-state index in [1.165, 1.54) is 76.8 Å². The van der Waals surface area contributed by atoms with E-state index in [2.05, 4.69) is 42.8 Å². The third kappa shape index (κ3) is 7.39. The zero-order chi connectivity index (χ0) is 26.7. The molecule has 1 fully saturated rings. The number of hydrogen-bond acceptors (Lipinski definition) is 11. The number of carbonyl (C=O) groups is 1. The number of carbonyl (C=O) groups excluding carboxylic acids is 1. The zero-order valence-electron chi connectivity index (χ0n) is 22.2. The Balaban J connectivity index is 1.15. The summed E-state index contributed by atoms with van der Waals surface area (Å²) in [6.45, 7) is 3.33. The molecular formula is C26H42N8O4. The molecule has 0 aromatic carbocycles. The minimum absolute atomic E-state index is 0.229. The molecule has 12 heteroatoms. The Kier molecular flexibility index (Phi) is 10.6. The molecule has 6 atom stereocenters. The van der Waals surface area contributed by atoms with Crippen LogP contribution in [0.25, 0.3) is 0 Å². The fraction of sp³-hybridized carbons (Fsp3) is 0.731. The summed E-state index contributed by atoms with van der Waals surface area (Å²) in [5, 5.41) is 30.2. The number of nitrogens with zero attached hydrogens (tertiary/aromatic N) is 5. The Bertz CT molecular complexity index is 948. The van der Waals surface area contributed by atoms with Crippen LogP contribution in [0.1, 0.15) is 71.1 Å². The van der Waals surface area contributed by atoms with Gasteiger partial charge in [-0.3, -0.25) is 9.79 Å². The second-order valence-corrected chi connectivity index (χ2v) is 10.2. The number of ether oxygens (including phenoxy) is 1. The lowest BCUT2D eigenvalue weighted by atomic mass is 10.1. The number of fused-ring (bicyclic) bond motifs is 1. The lowest BCUT2D eigenvalue weighted by Crippen LogP contribution is -2.53. The number of aliphatic imine (C=N–C) groups is 2. The molecule has 0 saturated carbocycles. The maximum Gasteiger partial charge on any atom is 0.254 e. The molecule has 12 nitrogen and oxygen atoms in total. The van der Waals surface area contributed by atoms with Crippen molar-refractivity contribution < 1.29 is 19.7 Å². The van der Waals surface area contributed by atoms with Gasteiger partial charge in [0.2, 0.25) is 0 Å². The first-order valence-corrected chi connectivity index (χ1v) is 14.0. The average Bonchev–Trinajstić information content (AvgIpc) is 3.48. The summed E-state index contributed by atoms with van der Waals surface area (Å²) in [7, 11) is 0. The maximum absolute atomic E-state index is 12.0. The van der Waals surface area contributed by atoms with Crippen LogP contribution in [0, 0.1) is 0 Å². The number of aliphatic hydroxyl groups is 2. The first-order valence-electron chi connectivity index (χ1n) is 14.0. The van der Waals surface area contributed by atoms with Crippen molar-refractivity contribution in [3.63, 3.8) is 0 Å². The van der Waals surface area contributed by atoms with E-state index in [-0.39, 0.29) is 12.5 Å². The highest BCUT2D eigenvalue weighted by atomic mass is 16.6. The van der Waals surface area contributed by atoms with Crippen LogP contribution in [0.3, 0.4) is 0 Å². The predicted octanol–water partition coefficient (Wildman–Crippen LogP) is 1.86. The van der Waals surface area contributed by atoms with Gasteiger partial charge in [-0.05, 0) is 6.42 Å². The fourth-order valence-electron chi connectivity index (χ4n) is 5.03. The standard InChI is InChI=1S/C26H42N8O4/c1-2-3-4-5-6-7-8-9-10-11-12-27-19-13-20(30-15-29-19)28-14-18-22(35)23(36)26(38-18)34-17-33-21-24(34)31-16-32-25(21)37/h13,15-18,21-24,26,35-36H,2-12,14H2,1H3,(H,31,32,37)(H2,27,28,29,30)/t18-,21?,22-,23-,24?,26-/m1/s1. The maximum atomic E-state index is 12.0. The second kappa shape index (κ2) is 14.4. The minimum Gasteiger partial charge on any atom is -0.387 e. The third-order valence-electron chi connectivity index (χ3n) is 7.27. The molecule has 3 aliphatic rings. The van der Waals surface area contributed by atoms with Gasteiger partial charge in [0.25, 0.3) is 5.91 Å². The quantitative estimate of drug-likeness (QED) is 0.201. The van der Waals surface area contributed by atoms with Crippen molar-refractivity contribution in [1.82, 2.24) is 20.2 Å². The number of hydrogen-bond donors (Lipinski definition) is 5. The number of rotatable bonds is 16. The van der Waals surface area contributed by atoms with Gasteiger partial charge in [0.05, 0.1) is 12.7 Å². The number of amides is 1. The van der Waals surface area contributed by atoms with Crippen LogP contribution < -0.4 is 16.0 Å². The molecule has 1 amide bonds. The summed E-state index contributed by atoms with van der Waals surface area (Å²) in [4.78, 5) is 30.5. The molecule has 1 aromatic rings. The molecule has 0 bridgehead atoms. The van der Waals surface area contributed by atoms with Crippen molar-refractivity contribution >= 4 is 30.2 Å². The smallest absolute Gasteiger partial charge is 0.254 e. The normalized spacial score (nSPS) is 28.0. The van der Waals surface area contributed by atoms with Gasteiger partial charge in [-0.2, -0.15) is 0 Å². The Morgan fingerprint density at radius 2 is 1.63 bits per heavy atom. The number of nitrogens with one attached hydrogen (secondary N) is 3. The van der Waals surface area contributed by atoms with E-state index < -0.39 is 36.7 Å². The summed E-state index contributed by atoms with van der Waals surface area (Å²) in [6.07, 6.45) is 12.8. The lowest BCUT2D eigenvalue weighted by Gasteiger charge is -2.31. The van der Waals surface area contributed by atoms with Gasteiger partial charge >= 0.3 is 0 Å². The molecule has 1 saturated heterocycles. The number of aromatic nitrogens is 2. The second-order valence-electron chi connectivity index (χ2n) is 10.2. The first kappa shape index (κ1) is 28.2. The van der Waals surface area contributed by atoms with E-state index in [9.17, 15) is 15.0 Å². The molecule has 210 valence electrons. The van der Waals surface area contributed by atoms with Crippen LogP contribution in [0.15, 0.2) is 22.4 Å². The molecule has 2 unspecified atom stereocenters. The Morgan fingerprint density at radius 1 is 0.947 bits per heavy atom. The predicted molar refractivity (Wildman–Crippen MR) is 146 cm³/mol. The monoisotopic (exact) mass is 530 g/mol. The lowest BCUT2D eigenvalue weighted by molar-refractivity contribution is -0.123. The third-order valence-corrected chi connectivity index (χ3v) is 7.27. The van der Waals surface area contributed by atoms with E-state index >= 15 is 0 Å². The Morgan fingerprint density at radius 3 is 2.37 bits per heavy atom. The summed E-state index contributed by atoms with van der Waals surface area (Å²) in [5.41, 5.74) is 0. The first-order chi connectivity index (χ1) is 18.6. The zero-order valence-corrected chi connectivity index (χ0v) is 22.2. The summed E-state index contributed by atoms with van der Waals surface area (Å²) in [5.74, 6) is 1.06. The summed E-state index contributed by atoms with van der Waals surface area (Å²) in [6, 6.07) is 1.12. The highest BCUT2D eigenvalue weighted by Gasteiger charge is 2.50. The molecule has 38 heavy (non-hydrogen) atoms. The van der Waals surface area contributed by atoms with Gasteiger partial charge in [-0.15, -0.1) is 0 Å². The van der Waals surface area contributed by atoms with Gasteiger partial charge in [-0.25, -0.2) is 15.0 Å². The van der Waals surface area contributed by atoms with E-state index in [1.807, 2.05) is 6.07 Å². The van der Waals surface area contributed by atoms with Gasteiger partial charge in [-0.1, -0.05) is 64.7 Å².